The molecule has 0 amide bonds. The van der Waals surface area contributed by atoms with Gasteiger partial charge < -0.3 is 283 Å². The van der Waals surface area contributed by atoms with Gasteiger partial charge in [-0.15, -0.1) is 0 Å². The largest absolute Gasteiger partial charge is 0.477 e. The fourth-order valence-corrected chi connectivity index (χ4v) is 18.0. The summed E-state index contributed by atoms with van der Waals surface area (Å²) in [5, 5.41) is 341. The quantitative estimate of drug-likeness (QED) is 0.0254. The summed E-state index contributed by atoms with van der Waals surface area (Å²) < 4.78 is 164. The lowest BCUT2D eigenvalue weighted by molar-refractivity contribution is -0.405. The lowest BCUT2D eigenvalue weighted by Gasteiger charge is -2.53. The Morgan fingerprint density at radius 2 is 0.784 bits per heavy atom. The molecule has 39 N–H and O–H groups in total. The third-order valence-electron chi connectivity index (χ3n) is 23.5. The molecule has 782 valence electrons. The second kappa shape index (κ2) is 46.6. The van der Waals surface area contributed by atoms with Crippen LogP contribution in [-0.2, 0) is 127 Å². The van der Waals surface area contributed by atoms with Crippen LogP contribution in [0.2, 0.25) is 0 Å². The van der Waals surface area contributed by atoms with Crippen LogP contribution < -0.4 is 5.73 Å². The van der Waals surface area contributed by atoms with Crippen LogP contribution in [0.4, 0.5) is 0 Å². The molecule has 0 radical (unpaired) electrons. The zero-order chi connectivity index (χ0) is 99.9. The first-order valence-corrected chi connectivity index (χ1v) is 45.2. The number of carboxylic acids is 2. The van der Waals surface area contributed by atoms with E-state index in [4.69, 9.17) is 105 Å². The number of aliphatic hydroxyl groups excluding tert-OH is 28. The van der Waals surface area contributed by atoms with E-state index in [1.165, 1.54) is 6.92 Å². The van der Waals surface area contributed by atoms with Crippen LogP contribution in [0.5, 0.6) is 0 Å². The van der Waals surface area contributed by atoms with E-state index < -0.39 is 426 Å². The van der Waals surface area contributed by atoms with Gasteiger partial charge in [-0.1, -0.05) is 0 Å². The number of phosphoric ester groups is 3. The number of phosphoric acid groups is 3. The first kappa shape index (κ1) is 113. The van der Waals surface area contributed by atoms with E-state index in [1.807, 2.05) is 0 Å². The Morgan fingerprint density at radius 3 is 1.27 bits per heavy atom. The summed E-state index contributed by atoms with van der Waals surface area (Å²) in [7, 11) is -19.5. The van der Waals surface area contributed by atoms with Crippen LogP contribution in [0.25, 0.3) is 0 Å². The number of rotatable bonds is 39. The molecule has 52 atom stereocenters. The van der Waals surface area contributed by atoms with Gasteiger partial charge in [0, 0.05) is 12.8 Å². The number of carboxylic acid groups (broad SMARTS) is 2. The highest BCUT2D eigenvalue weighted by Gasteiger charge is 2.67. The van der Waals surface area contributed by atoms with E-state index in [-0.39, 0.29) is 0 Å². The molecule has 10 aliphatic rings. The maximum atomic E-state index is 13.5. The Balaban J connectivity index is 1.04. The Kier molecular flexibility index (Phi) is 39.4. The molecule has 10 aliphatic heterocycles. The summed E-state index contributed by atoms with van der Waals surface area (Å²) in [6.45, 7) is -11.2. The smallest absolute Gasteiger partial charge is 0.470 e. The van der Waals surface area contributed by atoms with Gasteiger partial charge in [-0.25, -0.2) is 23.3 Å². The summed E-state index contributed by atoms with van der Waals surface area (Å²) in [6, 6.07) is -2.48. The van der Waals surface area contributed by atoms with Crippen LogP contribution >= 0.6 is 23.5 Å². The van der Waals surface area contributed by atoms with Crippen molar-refractivity contribution in [3.63, 3.8) is 0 Å². The van der Waals surface area contributed by atoms with Gasteiger partial charge in [-0.3, -0.25) is 13.6 Å². The molecule has 0 saturated carbocycles. The van der Waals surface area contributed by atoms with Gasteiger partial charge in [0.15, 0.2) is 50.3 Å². The zero-order valence-electron chi connectivity index (χ0n) is 69.1. The standard InChI is InChI=1S/C66H114NO64P3/c1-13-26(79)36(89)51(124-57-38(91)33(86)29(82)20(8-72)114-57)61(112-13)111-12-24-31(84)34(87)39(92)58(116-24)119-47-21(9-73)115-55(25(67)49(47)122-59-40(93)35(88)30(83)23(117-59)11-110-56-37(90)32(85)28(81)19(7-71)113-56)123-50-41(94)43(15(76)4-68)118-60(42(50)95)125-52-53(130-133(104,105)106)48(22(10-74)129-132(101,102)103)121-62(54(52)131-134(107,108)109)120-46-18(3-65(100,63(96)97)127-45(46)17(78)6-70)126-66(64(98)99)2-14(75)27(80)44(128-66)16(77)5-69/h13-62,68-95,100H,2-12,67H2,1H3,(H,96,97)(H,98,99)(H2,101,102,103)(H2,104,105,106)(H2,107,108,109)/t13-,14+,15-,16+,17+,18+,19+,20+,21+,22-,23+,24+,25+,26-,27+,28+,29+,30+,31+,32-,33-,34-,35-,36+,37+,38+,39+,40+,41+,42-,43+,44+,45+,46+,47-,48+,49+,50-,51+,52-,53+,54-,55+,56-,57-,58+,59-,60+,61+,62-,65+,66+/m0/s1. The first-order valence-electron chi connectivity index (χ1n) is 40.6. The van der Waals surface area contributed by atoms with Crippen molar-refractivity contribution in [2.75, 3.05) is 59.5 Å². The van der Waals surface area contributed by atoms with E-state index in [0.717, 1.165) is 0 Å². The summed E-state index contributed by atoms with van der Waals surface area (Å²) in [6.07, 6.45) is -125. The number of carbonyl (C=O) groups is 2. The summed E-state index contributed by atoms with van der Waals surface area (Å²) in [5.41, 5.74) is 6.92. The minimum absolute atomic E-state index is 0.992. The number of ether oxygens (including phenoxy) is 19. The third kappa shape index (κ3) is 25.4. The second-order valence-corrected chi connectivity index (χ2v) is 36.3. The second-order valence-electron chi connectivity index (χ2n) is 32.7. The molecule has 0 bridgehead atoms. The van der Waals surface area contributed by atoms with Gasteiger partial charge in [0.05, 0.1) is 83.8 Å². The maximum Gasteiger partial charge on any atom is 0.470 e. The molecule has 0 aromatic heterocycles. The van der Waals surface area contributed by atoms with Crippen LogP contribution in [0.1, 0.15) is 19.8 Å². The van der Waals surface area contributed by atoms with Crippen LogP contribution in [0, 0.1) is 0 Å². The van der Waals surface area contributed by atoms with Crippen molar-refractivity contribution < 1.29 is 315 Å². The zero-order valence-corrected chi connectivity index (χ0v) is 71.8. The SMILES string of the molecule is C[C@@H]1O[C@@H](OC[C@H]2O[C@H](O[C@@H]3[C@H](O[C@@H]4O[C@H](CO[C@H]5O[C@H](CO)[C@@H](O)[C@H](O)[C@H]5O)[C@@H](O)[C@H](O)[C@H]4O)[C@@H](N)[C@@H](O[C@@H]4[C@H](O)[C@@H](O[C@H]5[C@H](OP(=O)(O)O)[C@@H]([C@H](CO)OP(=O)(O)O)O[C@H](O[C@H]6[C@@H]([C@H](O)CO)O[C@@](O)(C(=O)O)C[C@H]6O[C@]6(C(=O)O)C[C@@H](O)[C@@H](O)[C@@H]([C@H](O)CO)O6)[C@H]5OP(=O)(O)O)O[C@H]([C@@H](O)CO)[C@H]4O)O[C@@H]3CO)[C@H](O)[C@@H](O)[C@@H]2O)[C@H](O[C@@H]2O[C@H](CO)[C@@H](O)[C@H](O)[C@H]2O)[C@H](O)[C@H]1O. The lowest BCUT2D eigenvalue weighted by Crippen LogP contribution is -2.71. The minimum Gasteiger partial charge on any atom is -0.477 e. The molecular weight excluding hydrogens is 1920 g/mol. The topological polar surface area (TPSA) is 1060 Å². The highest BCUT2D eigenvalue weighted by molar-refractivity contribution is 7.46. The van der Waals surface area contributed by atoms with Gasteiger partial charge in [0.2, 0.25) is 0 Å². The van der Waals surface area contributed by atoms with Crippen molar-refractivity contribution >= 4 is 35.4 Å². The van der Waals surface area contributed by atoms with E-state index >= 15 is 0 Å². The number of hydrogen-bond donors (Lipinski definition) is 38. The molecule has 10 heterocycles. The lowest BCUT2D eigenvalue weighted by atomic mass is 9.89. The van der Waals surface area contributed by atoms with Crippen molar-refractivity contribution in [1.29, 1.82) is 0 Å². The van der Waals surface area contributed by atoms with Crippen molar-refractivity contribution in [2.24, 2.45) is 5.73 Å². The fraction of sp³-hybridized carbons (Fsp3) is 0.970. The molecule has 0 aliphatic carbocycles. The molecular formula is C66H114NO64P3. The molecule has 0 unspecified atom stereocenters. The van der Waals surface area contributed by atoms with E-state index in [1.54, 1.807) is 0 Å². The van der Waals surface area contributed by atoms with Gasteiger partial charge in [0.1, 0.15) is 232 Å². The van der Waals surface area contributed by atoms with Crippen LogP contribution in [0.15, 0.2) is 0 Å². The highest BCUT2D eigenvalue weighted by Crippen LogP contribution is 2.52. The maximum absolute atomic E-state index is 13.5. The Morgan fingerprint density at radius 1 is 0.366 bits per heavy atom. The van der Waals surface area contributed by atoms with Gasteiger partial charge in [0.25, 0.3) is 11.6 Å². The molecule has 0 aromatic carbocycles. The van der Waals surface area contributed by atoms with Crippen molar-refractivity contribution in [3.05, 3.63) is 0 Å². The van der Waals surface area contributed by atoms with Crippen molar-refractivity contribution in [2.45, 2.75) is 338 Å². The van der Waals surface area contributed by atoms with Crippen LogP contribution in [-0.4, -0.2) is 577 Å². The molecule has 0 spiro atoms. The molecule has 10 rings (SSSR count). The highest BCUT2D eigenvalue weighted by atomic mass is 31.2. The van der Waals surface area contributed by atoms with Gasteiger partial charge in [-0.2, -0.15) is 0 Å². The van der Waals surface area contributed by atoms with Gasteiger partial charge in [-0.05, 0) is 6.92 Å². The predicted molar refractivity (Wildman–Crippen MR) is 397 cm³/mol. The molecule has 65 nitrogen and oxygen atoms in total. The summed E-state index contributed by atoms with van der Waals surface area (Å²) >= 11 is 0. The average molecular weight is 2040 g/mol. The molecule has 0 aromatic rings. The molecule has 68 heteroatoms. The molecule has 134 heavy (non-hydrogen) atoms. The number of nitrogens with two attached hydrogens (primary N) is 1. The van der Waals surface area contributed by atoms with E-state index in [2.05, 4.69) is 4.52 Å². The Hall–Kier alpha value is -2.69. The first-order chi connectivity index (χ1) is 62.5. The monoisotopic (exact) mass is 2040 g/mol. The normalized spacial score (nSPS) is 47.9. The minimum atomic E-state index is -6.64. The summed E-state index contributed by atoms with van der Waals surface area (Å²) in [5.74, 6) is -12.5. The number of hydrogen-bond acceptors (Lipinski definition) is 57. The van der Waals surface area contributed by atoms with Crippen molar-refractivity contribution in [1.82, 2.24) is 0 Å². The van der Waals surface area contributed by atoms with Gasteiger partial charge >= 0.3 is 35.4 Å². The van der Waals surface area contributed by atoms with E-state index in [0.29, 0.717) is 0 Å². The Labute approximate surface area is 751 Å². The fourth-order valence-electron chi connectivity index (χ4n) is 16.3. The Bertz CT molecular complexity index is 3850. The van der Waals surface area contributed by atoms with Crippen LogP contribution in [0.3, 0.4) is 0 Å². The summed E-state index contributed by atoms with van der Waals surface area (Å²) in [4.78, 5) is 89.7. The third-order valence-corrected chi connectivity index (χ3v) is 25.1. The number of aliphatic hydroxyl groups is 29. The van der Waals surface area contributed by atoms with E-state index in [9.17, 15) is 211 Å². The molecule has 10 saturated heterocycles. The average Bonchev–Trinajstić information content (AvgIpc) is 0.734. The predicted octanol–water partition coefficient (Wildman–Crippen LogP) is -23.0. The molecule has 10 fully saturated rings. The number of aliphatic carboxylic acids is 2. The van der Waals surface area contributed by atoms with Crippen molar-refractivity contribution in [3.8, 4) is 0 Å².